The van der Waals surface area contributed by atoms with Crippen LogP contribution in [-0.4, -0.2) is 27.4 Å². The molecule has 0 radical (unpaired) electrons. The van der Waals surface area contributed by atoms with Crippen LogP contribution in [0.2, 0.25) is 0 Å². The van der Waals surface area contributed by atoms with Crippen molar-refractivity contribution in [1.82, 2.24) is 27.4 Å². The van der Waals surface area contributed by atoms with Crippen LogP contribution in [0.1, 0.15) is 222 Å². The van der Waals surface area contributed by atoms with Crippen molar-refractivity contribution in [3.8, 4) is 45.3 Å². The van der Waals surface area contributed by atoms with Gasteiger partial charge in [-0.15, -0.1) is 0 Å². The third kappa shape index (κ3) is 12.9. The summed E-state index contributed by atoms with van der Waals surface area (Å²) < 4.78 is 15.2. The highest BCUT2D eigenvalue weighted by molar-refractivity contribution is 6.17. The predicted octanol–water partition coefficient (Wildman–Crippen LogP) is 32.9. The Morgan fingerprint density at radius 2 is 0.258 bits per heavy atom. The first kappa shape index (κ1) is 80.3. The van der Waals surface area contributed by atoms with E-state index in [9.17, 15) is 0 Å². The van der Waals surface area contributed by atoms with Crippen LogP contribution in [0.4, 0.5) is 0 Å². The second kappa shape index (κ2) is 27.2. The molecule has 6 heteroatoms. The van der Waals surface area contributed by atoms with Crippen molar-refractivity contribution in [3.63, 3.8) is 0 Å². The molecule has 20 aromatic rings. The number of aryl methyl sites for hydroxylation is 2. The summed E-state index contributed by atoms with van der Waals surface area (Å²) in [5, 5.41) is 15.1. The lowest BCUT2D eigenvalue weighted by atomic mass is 9.85. The molecule has 6 aromatic heterocycles. The third-order valence-corrected chi connectivity index (χ3v) is 27.7. The lowest BCUT2D eigenvalue weighted by molar-refractivity contribution is 0.590. The number of benzene rings is 14. The van der Waals surface area contributed by atoms with Gasteiger partial charge in [-0.1, -0.05) is 227 Å². The predicted molar refractivity (Wildman–Crippen MR) is 537 cm³/mol. The van der Waals surface area contributed by atoms with Gasteiger partial charge >= 0.3 is 0 Å². The van der Waals surface area contributed by atoms with Crippen LogP contribution >= 0.6 is 0 Å². The van der Waals surface area contributed by atoms with E-state index in [0.29, 0.717) is 0 Å². The number of rotatable bonds is 7. The van der Waals surface area contributed by atoms with Crippen LogP contribution < -0.4 is 0 Å². The molecule has 6 nitrogen and oxygen atoms in total. The molecule has 0 unspecified atom stereocenters. The molecule has 622 valence electrons. The van der Waals surface area contributed by atoms with E-state index < -0.39 is 0 Å². The fourth-order valence-electron chi connectivity index (χ4n) is 20.2. The van der Waals surface area contributed by atoms with Gasteiger partial charge < -0.3 is 27.4 Å². The van der Waals surface area contributed by atoms with Crippen molar-refractivity contribution in [2.45, 2.75) is 223 Å². The second-order valence-electron chi connectivity index (χ2n) is 44.7. The van der Waals surface area contributed by atoms with Gasteiger partial charge in [-0.2, -0.15) is 0 Å². The maximum atomic E-state index is 2.53. The Morgan fingerprint density at radius 1 is 0.137 bits per heavy atom. The number of hydrogen-bond acceptors (Lipinski definition) is 0. The highest BCUT2D eigenvalue weighted by Gasteiger charge is 2.30. The smallest absolute Gasteiger partial charge is 0.0542 e. The molecule has 0 fully saturated rings. The minimum Gasteiger partial charge on any atom is -0.309 e. The van der Waals surface area contributed by atoms with Gasteiger partial charge in [0.1, 0.15) is 0 Å². The molecule has 0 bridgehead atoms. The molecule has 0 amide bonds. The van der Waals surface area contributed by atoms with E-state index in [4.69, 9.17) is 0 Å². The lowest BCUT2D eigenvalue weighted by Crippen LogP contribution is -2.10. The van der Waals surface area contributed by atoms with Crippen LogP contribution in [0, 0.1) is 13.8 Å². The molecule has 124 heavy (non-hydrogen) atoms. The highest BCUT2D eigenvalue weighted by Crippen LogP contribution is 2.48. The zero-order chi connectivity index (χ0) is 87.4. The summed E-state index contributed by atoms with van der Waals surface area (Å²) in [4.78, 5) is 0. The number of aromatic nitrogens is 6. The Balaban J connectivity index is 0.756. The molecule has 0 saturated heterocycles. The van der Waals surface area contributed by atoms with Crippen LogP contribution in [-0.2, 0) is 43.3 Å². The molecule has 0 saturated carbocycles. The molecular formula is C118H120N6. The van der Waals surface area contributed by atoms with E-state index >= 15 is 0 Å². The maximum Gasteiger partial charge on any atom is 0.0542 e. The second-order valence-corrected chi connectivity index (χ2v) is 44.7. The van der Waals surface area contributed by atoms with Gasteiger partial charge in [0.15, 0.2) is 0 Å². The largest absolute Gasteiger partial charge is 0.309 e. The Morgan fingerprint density at radius 3 is 0.395 bits per heavy atom. The lowest BCUT2D eigenvalue weighted by Gasteiger charge is -2.19. The Labute approximate surface area is 732 Å². The summed E-state index contributed by atoms with van der Waals surface area (Å²) >= 11 is 0. The number of hydrogen-bond donors (Lipinski definition) is 0. The van der Waals surface area contributed by atoms with Crippen molar-refractivity contribution >= 4 is 131 Å². The zero-order valence-electron chi connectivity index (χ0n) is 77.9. The van der Waals surface area contributed by atoms with E-state index in [1.807, 2.05) is 0 Å². The highest BCUT2D eigenvalue weighted by atomic mass is 15.0. The van der Waals surface area contributed by atoms with E-state index in [-0.39, 0.29) is 43.3 Å². The summed E-state index contributed by atoms with van der Waals surface area (Å²) in [7, 11) is 0. The molecule has 0 aliphatic carbocycles. The van der Waals surface area contributed by atoms with E-state index in [2.05, 4.69) is 462 Å². The fraction of sp³-hybridized carbons (Fsp3) is 0.288. The van der Waals surface area contributed by atoms with Crippen molar-refractivity contribution in [3.05, 3.63) is 310 Å². The van der Waals surface area contributed by atoms with Crippen LogP contribution in [0.15, 0.2) is 255 Å². The molecule has 0 N–H and O–H groups in total. The minimum absolute atomic E-state index is 0.0180. The van der Waals surface area contributed by atoms with Crippen molar-refractivity contribution < 1.29 is 0 Å². The summed E-state index contributed by atoms with van der Waals surface area (Å²) in [5.41, 5.74) is 36.5. The maximum absolute atomic E-state index is 2.53. The zero-order valence-corrected chi connectivity index (χ0v) is 77.9. The average molecular weight is 1620 g/mol. The van der Waals surface area contributed by atoms with Gasteiger partial charge in [0.25, 0.3) is 0 Å². The van der Waals surface area contributed by atoms with E-state index in [1.165, 1.54) is 176 Å². The van der Waals surface area contributed by atoms with Gasteiger partial charge in [0.05, 0.1) is 66.2 Å². The Bertz CT molecular complexity index is 6760. The summed E-state index contributed by atoms with van der Waals surface area (Å²) in [6, 6.07) is 101. The van der Waals surface area contributed by atoms with E-state index in [1.54, 1.807) is 0 Å². The molecule has 0 spiro atoms. The molecule has 6 heterocycles. The molecular weight excluding hydrogens is 1500 g/mol. The molecule has 14 aromatic carbocycles. The van der Waals surface area contributed by atoms with Gasteiger partial charge in [0, 0.05) is 98.8 Å². The van der Waals surface area contributed by atoms with Gasteiger partial charge in [-0.05, 0) is 318 Å². The van der Waals surface area contributed by atoms with Crippen LogP contribution in [0.3, 0.4) is 0 Å². The number of nitrogens with zero attached hydrogens (tertiary/aromatic N) is 6. The molecule has 0 atom stereocenters. The Kier molecular flexibility index (Phi) is 17.6. The normalized spacial score (nSPS) is 13.4. The average Bonchev–Trinajstić information content (AvgIpc) is 1.56. The van der Waals surface area contributed by atoms with Gasteiger partial charge in [0.2, 0.25) is 0 Å². The number of fused-ring (bicyclic) bond motifs is 18. The van der Waals surface area contributed by atoms with Crippen molar-refractivity contribution in [2.75, 3.05) is 0 Å². The third-order valence-electron chi connectivity index (χ3n) is 27.7. The summed E-state index contributed by atoms with van der Waals surface area (Å²) in [6.45, 7) is 60.5. The van der Waals surface area contributed by atoms with Crippen LogP contribution in [0.5, 0.6) is 0 Å². The molecule has 0 aliphatic heterocycles. The summed E-state index contributed by atoms with van der Waals surface area (Å²) in [5.74, 6) is 0. The SMILES string of the molecule is Cc1cc(-n2c3ccc(-n4c5ccc(C(C)(C)C)cc5c5cc(C(C)(C)C)ccc54)cc3c3cc(-n4c5ccc(C(C)(C)C)cc5c5cc(C(C)(C)C)ccc54)ccc32)ccc1-c1ccc(-n2c3ccc(-n4c5ccc(C(C)(C)C)cc5c5cc(C(C)(C)C)ccc54)cc3c3cc(-n4c5ccc(C(C)(C)C)cc5c5cc(C(C)(C)C)ccc54)ccc32)cc1C. The van der Waals surface area contributed by atoms with Crippen molar-refractivity contribution in [1.29, 1.82) is 0 Å². The molecule has 0 aliphatic rings. The van der Waals surface area contributed by atoms with Crippen LogP contribution in [0.25, 0.3) is 176 Å². The Hall–Kier alpha value is -12.1. The fourth-order valence-corrected chi connectivity index (χ4v) is 20.2. The van der Waals surface area contributed by atoms with E-state index in [0.717, 1.165) is 56.2 Å². The monoisotopic (exact) mass is 1620 g/mol. The first-order chi connectivity index (χ1) is 58.3. The van der Waals surface area contributed by atoms with Gasteiger partial charge in [-0.3, -0.25) is 0 Å². The topological polar surface area (TPSA) is 29.6 Å². The quantitative estimate of drug-likeness (QED) is 0.152. The minimum atomic E-state index is -0.0180. The standard InChI is InChI=1S/C118H120N6/c1-69-55-79(119-107-51-37-81(121-99-43-27-71(111(3,4)5)57-87(99)88-58-72(112(6,7)8)28-44-100(88)121)65-95(107)96-66-82(38-52-108(96)119)122-101-45-29-73(113(9,10)11)59-89(101)90-60-74(114(12,13)14)30-46-102(90)122)35-41-85(69)86-42-36-80(56-70(86)2)120-109-53-39-83(123-103-47-31-75(115(15,16)17)61-91(103)92-62-76(116(18,19)20)32-48-104(92)123)67-97(109)98-68-84(40-54-110(98)120)124-105-49-33-77(117(21,22)23)63-93(105)94-64-78(118(24,25)26)34-50-106(94)124/h27-68H,1-26H3. The van der Waals surface area contributed by atoms with Crippen molar-refractivity contribution in [2.24, 2.45) is 0 Å². The molecule has 20 rings (SSSR count). The first-order valence-corrected chi connectivity index (χ1v) is 45.1. The first-order valence-electron chi connectivity index (χ1n) is 45.1. The van der Waals surface area contributed by atoms with Gasteiger partial charge in [-0.25, -0.2) is 0 Å². The summed E-state index contributed by atoms with van der Waals surface area (Å²) in [6.07, 6.45) is 0.